The topological polar surface area (TPSA) is 42.0 Å². The Labute approximate surface area is 89.3 Å². The van der Waals surface area contributed by atoms with Crippen LogP contribution in [0.5, 0.6) is 0 Å². The Bertz CT molecular complexity index is 297. The number of carbonyl (C=O) groups excluding carboxylic acids is 1. The zero-order chi connectivity index (χ0) is 10.4. The van der Waals surface area contributed by atoms with Crippen LogP contribution in [0.3, 0.4) is 0 Å². The van der Waals surface area contributed by atoms with Crippen LogP contribution >= 0.6 is 12.6 Å². The number of hydrogen-bond acceptors (Lipinski definition) is 3. The fraction of sp³-hybridized carbons (Fsp3) is 0.400. The maximum absolute atomic E-state index is 11.1. The molecule has 1 aromatic heterocycles. The highest BCUT2D eigenvalue weighted by Gasteiger charge is 1.99. The van der Waals surface area contributed by atoms with Crippen molar-refractivity contribution in [2.24, 2.45) is 0 Å². The number of amides is 1. The predicted molar refractivity (Wildman–Crippen MR) is 59.3 cm³/mol. The average molecular weight is 210 g/mol. The molecule has 0 radical (unpaired) electrons. The van der Waals surface area contributed by atoms with Crippen LogP contribution in [0.1, 0.15) is 17.7 Å². The Hall–Kier alpha value is -1.03. The zero-order valence-corrected chi connectivity index (χ0v) is 9.05. The molecule has 1 rings (SSSR count). The number of hydrogen-bond donors (Lipinski definition) is 2. The van der Waals surface area contributed by atoms with Crippen molar-refractivity contribution in [1.29, 1.82) is 0 Å². The predicted octanol–water partition coefficient (Wildman–Crippen LogP) is 1.33. The number of thiol groups is 1. The molecule has 4 heteroatoms. The Morgan fingerprint density at radius 1 is 1.57 bits per heavy atom. The minimum absolute atomic E-state index is 0.0283. The highest BCUT2D eigenvalue weighted by molar-refractivity contribution is 7.80. The lowest BCUT2D eigenvalue weighted by atomic mass is 10.2. The number of pyridine rings is 1. The molecule has 0 atom stereocenters. The molecular weight excluding hydrogens is 196 g/mol. The highest BCUT2D eigenvalue weighted by Crippen LogP contribution is 1.98. The van der Waals surface area contributed by atoms with Crippen molar-refractivity contribution < 1.29 is 4.79 Å². The molecule has 1 amide bonds. The van der Waals surface area contributed by atoms with E-state index < -0.39 is 0 Å². The third kappa shape index (κ3) is 3.79. The van der Waals surface area contributed by atoms with Gasteiger partial charge in [0.1, 0.15) is 0 Å². The number of aryl methyl sites for hydroxylation is 1. The number of nitrogens with one attached hydrogen (secondary N) is 1. The van der Waals surface area contributed by atoms with Gasteiger partial charge in [-0.05, 0) is 24.3 Å². The van der Waals surface area contributed by atoms with Crippen molar-refractivity contribution in [2.75, 3.05) is 5.75 Å². The molecule has 0 spiro atoms. The van der Waals surface area contributed by atoms with Crippen molar-refractivity contribution in [3.8, 4) is 0 Å². The Morgan fingerprint density at radius 3 is 2.93 bits per heavy atom. The molecule has 0 unspecified atom stereocenters. The van der Waals surface area contributed by atoms with Gasteiger partial charge < -0.3 is 5.32 Å². The summed E-state index contributed by atoms with van der Waals surface area (Å²) in [7, 11) is 0. The molecule has 0 saturated heterocycles. The molecule has 0 aromatic carbocycles. The summed E-state index contributed by atoms with van der Waals surface area (Å²) >= 11 is 3.98. The lowest BCUT2D eigenvalue weighted by molar-refractivity contribution is -0.120. The summed E-state index contributed by atoms with van der Waals surface area (Å²) in [5.41, 5.74) is 2.00. The first-order valence-electron chi connectivity index (χ1n) is 4.51. The van der Waals surface area contributed by atoms with Gasteiger partial charge in [-0.3, -0.25) is 9.78 Å². The molecule has 1 N–H and O–H groups in total. The first kappa shape index (κ1) is 11.0. The van der Waals surface area contributed by atoms with E-state index in [9.17, 15) is 4.79 Å². The average Bonchev–Trinajstić information content (AvgIpc) is 2.17. The first-order valence-corrected chi connectivity index (χ1v) is 5.14. The minimum Gasteiger partial charge on any atom is -0.352 e. The molecule has 0 saturated carbocycles. The van der Waals surface area contributed by atoms with Gasteiger partial charge in [-0.25, -0.2) is 0 Å². The molecule has 0 aliphatic rings. The molecule has 0 bridgehead atoms. The lowest BCUT2D eigenvalue weighted by Gasteiger charge is -2.03. The van der Waals surface area contributed by atoms with Crippen molar-refractivity contribution in [1.82, 2.24) is 10.3 Å². The highest BCUT2D eigenvalue weighted by atomic mass is 32.1. The Morgan fingerprint density at radius 2 is 2.36 bits per heavy atom. The summed E-state index contributed by atoms with van der Waals surface area (Å²) in [6, 6.07) is 3.89. The van der Waals surface area contributed by atoms with Crippen molar-refractivity contribution >= 4 is 18.5 Å². The molecule has 0 fully saturated rings. The van der Waals surface area contributed by atoms with Crippen LogP contribution in [-0.4, -0.2) is 16.6 Å². The van der Waals surface area contributed by atoms with E-state index in [-0.39, 0.29) is 5.91 Å². The molecule has 1 aromatic rings. The van der Waals surface area contributed by atoms with Crippen molar-refractivity contribution in [3.05, 3.63) is 29.6 Å². The number of carbonyl (C=O) groups is 1. The molecular formula is C10H14N2OS. The van der Waals surface area contributed by atoms with Crippen LogP contribution in [0.25, 0.3) is 0 Å². The summed E-state index contributed by atoms with van der Waals surface area (Å²) in [6.45, 7) is 2.48. The molecule has 0 aliphatic carbocycles. The van der Waals surface area contributed by atoms with Crippen LogP contribution in [0, 0.1) is 6.92 Å². The van der Waals surface area contributed by atoms with Gasteiger partial charge in [-0.1, -0.05) is 6.07 Å². The third-order valence-corrected chi connectivity index (χ3v) is 2.02. The second-order valence-electron chi connectivity index (χ2n) is 3.06. The second-order valence-corrected chi connectivity index (χ2v) is 3.51. The monoisotopic (exact) mass is 210 g/mol. The van der Waals surface area contributed by atoms with Gasteiger partial charge in [0.2, 0.25) is 5.91 Å². The number of aromatic nitrogens is 1. The fourth-order valence-electron chi connectivity index (χ4n) is 0.994. The summed E-state index contributed by atoms with van der Waals surface area (Å²) in [5, 5.41) is 2.79. The van der Waals surface area contributed by atoms with E-state index in [0.29, 0.717) is 18.7 Å². The fourth-order valence-corrected chi connectivity index (χ4v) is 1.20. The standard InChI is InChI=1S/C10H14N2OS/c1-8-2-3-9(6-11-8)7-12-10(13)4-5-14/h2-3,6,14H,4-5,7H2,1H3,(H,12,13). The van der Waals surface area contributed by atoms with E-state index in [0.717, 1.165) is 11.3 Å². The maximum atomic E-state index is 11.1. The van der Waals surface area contributed by atoms with Gasteiger partial charge >= 0.3 is 0 Å². The van der Waals surface area contributed by atoms with Crippen molar-refractivity contribution in [3.63, 3.8) is 0 Å². The number of rotatable bonds is 4. The molecule has 3 nitrogen and oxygen atoms in total. The van der Waals surface area contributed by atoms with E-state index in [1.54, 1.807) is 6.20 Å². The Kier molecular flexibility index (Phi) is 4.46. The molecule has 1 heterocycles. The van der Waals surface area contributed by atoms with Crippen LogP contribution in [0.4, 0.5) is 0 Å². The summed E-state index contributed by atoms with van der Waals surface area (Å²) in [6.07, 6.45) is 2.23. The van der Waals surface area contributed by atoms with Crippen LogP contribution in [-0.2, 0) is 11.3 Å². The first-order chi connectivity index (χ1) is 6.72. The molecule has 14 heavy (non-hydrogen) atoms. The van der Waals surface area contributed by atoms with E-state index >= 15 is 0 Å². The summed E-state index contributed by atoms with van der Waals surface area (Å²) < 4.78 is 0. The van der Waals surface area contributed by atoms with E-state index in [4.69, 9.17) is 0 Å². The van der Waals surface area contributed by atoms with Crippen LogP contribution in [0.2, 0.25) is 0 Å². The van der Waals surface area contributed by atoms with E-state index in [1.165, 1.54) is 0 Å². The van der Waals surface area contributed by atoms with Gasteiger partial charge in [0.25, 0.3) is 0 Å². The summed E-state index contributed by atoms with van der Waals surface area (Å²) in [5.74, 6) is 0.610. The largest absolute Gasteiger partial charge is 0.352 e. The van der Waals surface area contributed by atoms with Gasteiger partial charge in [0, 0.05) is 24.9 Å². The van der Waals surface area contributed by atoms with E-state index in [2.05, 4.69) is 22.9 Å². The third-order valence-electron chi connectivity index (χ3n) is 1.80. The van der Waals surface area contributed by atoms with Crippen molar-refractivity contribution in [2.45, 2.75) is 19.9 Å². The quantitative estimate of drug-likeness (QED) is 0.736. The second kappa shape index (κ2) is 5.65. The smallest absolute Gasteiger partial charge is 0.221 e. The van der Waals surface area contributed by atoms with Gasteiger partial charge in [0.05, 0.1) is 0 Å². The van der Waals surface area contributed by atoms with Crippen LogP contribution < -0.4 is 5.32 Å². The Balaban J connectivity index is 2.38. The SMILES string of the molecule is Cc1ccc(CNC(=O)CCS)cn1. The summed E-state index contributed by atoms with van der Waals surface area (Å²) in [4.78, 5) is 15.2. The van der Waals surface area contributed by atoms with Gasteiger partial charge in [-0.15, -0.1) is 0 Å². The maximum Gasteiger partial charge on any atom is 0.221 e. The minimum atomic E-state index is 0.0283. The lowest BCUT2D eigenvalue weighted by Crippen LogP contribution is -2.22. The van der Waals surface area contributed by atoms with Gasteiger partial charge in [-0.2, -0.15) is 12.6 Å². The van der Waals surface area contributed by atoms with Crippen LogP contribution in [0.15, 0.2) is 18.3 Å². The molecule has 0 aliphatic heterocycles. The normalized spacial score (nSPS) is 9.86. The molecule has 76 valence electrons. The number of nitrogens with zero attached hydrogens (tertiary/aromatic N) is 1. The zero-order valence-electron chi connectivity index (χ0n) is 8.16. The van der Waals surface area contributed by atoms with Gasteiger partial charge in [0.15, 0.2) is 0 Å². The van der Waals surface area contributed by atoms with E-state index in [1.807, 2.05) is 19.1 Å².